The summed E-state index contributed by atoms with van der Waals surface area (Å²) in [6, 6.07) is 15.7. The minimum atomic E-state index is -1.30. The Bertz CT molecular complexity index is 529. The molecule has 2 heterocycles. The summed E-state index contributed by atoms with van der Waals surface area (Å²) in [5, 5.41) is 0. The molecule has 0 N–H and O–H groups in total. The number of alkyl halides is 1. The fraction of sp³-hybridized carbons (Fsp3) is 0.312. The van der Waals surface area contributed by atoms with Crippen molar-refractivity contribution in [1.29, 1.82) is 0 Å². The Morgan fingerprint density at radius 3 is 2.63 bits per heavy atom. The van der Waals surface area contributed by atoms with Gasteiger partial charge in [-0.05, 0) is 17.7 Å². The van der Waals surface area contributed by atoms with Crippen molar-refractivity contribution in [2.75, 3.05) is 13.1 Å². The van der Waals surface area contributed by atoms with Gasteiger partial charge in [-0.15, -0.1) is 0 Å². The number of nitrogens with zero attached hydrogens (tertiary/aromatic N) is 2. The van der Waals surface area contributed by atoms with Crippen molar-refractivity contribution in [2.45, 2.75) is 18.6 Å². The Balaban J connectivity index is 1.70. The second-order valence-corrected chi connectivity index (χ2v) is 5.13. The van der Waals surface area contributed by atoms with E-state index in [-0.39, 0.29) is 0 Å². The maximum Gasteiger partial charge on any atom is 0.166 e. The molecule has 3 heteroatoms. The van der Waals surface area contributed by atoms with Gasteiger partial charge >= 0.3 is 0 Å². The van der Waals surface area contributed by atoms with E-state index in [1.807, 2.05) is 30.3 Å². The molecule has 1 saturated heterocycles. The normalized spacial score (nSPS) is 23.6. The van der Waals surface area contributed by atoms with Crippen LogP contribution in [0.3, 0.4) is 0 Å². The van der Waals surface area contributed by atoms with Crippen LogP contribution in [0.25, 0.3) is 0 Å². The van der Waals surface area contributed by atoms with Crippen molar-refractivity contribution < 1.29 is 4.39 Å². The molecule has 19 heavy (non-hydrogen) atoms. The standard InChI is InChI=1S/C16H17FN2/c17-16(15-8-4-5-10-18-15)9-11-19(13-16)12-14-6-2-1-3-7-14/h1-8,10H,9,11-13H2/t16-/m0/s1. The van der Waals surface area contributed by atoms with Crippen LogP contribution in [0.4, 0.5) is 4.39 Å². The van der Waals surface area contributed by atoms with Gasteiger partial charge in [-0.2, -0.15) is 0 Å². The van der Waals surface area contributed by atoms with Gasteiger partial charge in [0.15, 0.2) is 5.67 Å². The first-order valence-electron chi connectivity index (χ1n) is 6.63. The SMILES string of the molecule is F[C@@]1(c2ccccn2)CCN(Cc2ccccc2)C1. The summed E-state index contributed by atoms with van der Waals surface area (Å²) >= 11 is 0. The van der Waals surface area contributed by atoms with E-state index in [1.165, 1.54) is 5.56 Å². The van der Waals surface area contributed by atoms with Crippen molar-refractivity contribution in [2.24, 2.45) is 0 Å². The van der Waals surface area contributed by atoms with Gasteiger partial charge < -0.3 is 0 Å². The summed E-state index contributed by atoms with van der Waals surface area (Å²) in [6.45, 7) is 2.01. The molecule has 1 fully saturated rings. The number of aromatic nitrogens is 1. The minimum Gasteiger partial charge on any atom is -0.295 e. The summed E-state index contributed by atoms with van der Waals surface area (Å²) in [5.74, 6) is 0. The van der Waals surface area contributed by atoms with Crippen LogP contribution in [0.1, 0.15) is 17.7 Å². The molecule has 0 bridgehead atoms. The minimum absolute atomic E-state index is 0.429. The maximum absolute atomic E-state index is 14.9. The van der Waals surface area contributed by atoms with Crippen LogP contribution in [0, 0.1) is 0 Å². The highest BCUT2D eigenvalue weighted by Crippen LogP contribution is 2.35. The van der Waals surface area contributed by atoms with Crippen molar-refractivity contribution in [1.82, 2.24) is 9.88 Å². The first-order chi connectivity index (χ1) is 9.26. The summed E-state index contributed by atoms with van der Waals surface area (Å²) in [5.41, 5.74) is 0.495. The van der Waals surface area contributed by atoms with Crippen LogP contribution in [0.15, 0.2) is 54.7 Å². The molecule has 0 radical (unpaired) electrons. The molecule has 2 nitrogen and oxygen atoms in total. The molecule has 1 aromatic carbocycles. The Kier molecular flexibility index (Phi) is 3.30. The third kappa shape index (κ3) is 2.66. The van der Waals surface area contributed by atoms with Gasteiger partial charge in [0.2, 0.25) is 0 Å². The average molecular weight is 256 g/mol. The average Bonchev–Trinajstić information content (AvgIpc) is 2.84. The molecule has 3 rings (SSSR count). The van der Waals surface area contributed by atoms with E-state index in [0.29, 0.717) is 18.7 Å². The second-order valence-electron chi connectivity index (χ2n) is 5.13. The molecule has 0 spiro atoms. The molecule has 0 aliphatic carbocycles. The third-order valence-corrected chi connectivity index (χ3v) is 3.67. The summed E-state index contributed by atoms with van der Waals surface area (Å²) in [4.78, 5) is 6.33. The van der Waals surface area contributed by atoms with E-state index in [1.54, 1.807) is 12.3 Å². The van der Waals surface area contributed by atoms with Crippen molar-refractivity contribution >= 4 is 0 Å². The smallest absolute Gasteiger partial charge is 0.166 e. The van der Waals surface area contributed by atoms with Crippen LogP contribution < -0.4 is 0 Å². The summed E-state index contributed by atoms with van der Waals surface area (Å²) < 4.78 is 14.9. The number of halogens is 1. The van der Waals surface area contributed by atoms with Gasteiger partial charge in [-0.1, -0.05) is 36.4 Å². The molecule has 1 atom stereocenters. The lowest BCUT2D eigenvalue weighted by Gasteiger charge is -2.20. The zero-order chi connectivity index (χ0) is 13.1. The molecule has 98 valence electrons. The third-order valence-electron chi connectivity index (χ3n) is 3.67. The largest absolute Gasteiger partial charge is 0.295 e. The van der Waals surface area contributed by atoms with Crippen molar-refractivity contribution in [3.63, 3.8) is 0 Å². The predicted octanol–water partition coefficient (Wildman–Crippen LogP) is 3.15. The predicted molar refractivity (Wildman–Crippen MR) is 73.4 cm³/mol. The van der Waals surface area contributed by atoms with Crippen molar-refractivity contribution in [3.8, 4) is 0 Å². The fourth-order valence-electron chi connectivity index (χ4n) is 2.66. The maximum atomic E-state index is 14.9. The highest BCUT2D eigenvalue weighted by Gasteiger charge is 2.40. The molecule has 0 amide bonds. The summed E-state index contributed by atoms with van der Waals surface area (Å²) in [6.07, 6.45) is 2.19. The molecular formula is C16H17FN2. The number of rotatable bonds is 3. The second kappa shape index (κ2) is 5.10. The molecule has 0 unspecified atom stereocenters. The van der Waals surface area contributed by atoms with Gasteiger partial charge in [0.1, 0.15) is 0 Å². The van der Waals surface area contributed by atoms with Gasteiger partial charge in [0.05, 0.1) is 5.69 Å². The van der Waals surface area contributed by atoms with Gasteiger partial charge in [0.25, 0.3) is 0 Å². The topological polar surface area (TPSA) is 16.1 Å². The number of hydrogen-bond donors (Lipinski definition) is 0. The molecular weight excluding hydrogens is 239 g/mol. The van der Waals surface area contributed by atoms with Crippen LogP contribution in [-0.4, -0.2) is 23.0 Å². The van der Waals surface area contributed by atoms with Gasteiger partial charge in [0, 0.05) is 32.3 Å². The number of hydrogen-bond acceptors (Lipinski definition) is 2. The van der Waals surface area contributed by atoms with E-state index in [2.05, 4.69) is 22.0 Å². The van der Waals surface area contributed by atoms with E-state index >= 15 is 0 Å². The van der Waals surface area contributed by atoms with Gasteiger partial charge in [-0.3, -0.25) is 9.88 Å². The van der Waals surface area contributed by atoms with Gasteiger partial charge in [-0.25, -0.2) is 4.39 Å². The van der Waals surface area contributed by atoms with E-state index < -0.39 is 5.67 Å². The van der Waals surface area contributed by atoms with Crippen LogP contribution in [-0.2, 0) is 12.2 Å². The first kappa shape index (κ1) is 12.3. The Labute approximate surface area is 112 Å². The molecule has 1 aliphatic rings. The molecule has 1 aromatic heterocycles. The van der Waals surface area contributed by atoms with Crippen molar-refractivity contribution in [3.05, 3.63) is 66.0 Å². The van der Waals surface area contributed by atoms with E-state index in [9.17, 15) is 4.39 Å². The summed E-state index contributed by atoms with van der Waals surface area (Å²) in [7, 11) is 0. The lowest BCUT2D eigenvalue weighted by atomic mass is 10.0. The zero-order valence-electron chi connectivity index (χ0n) is 10.8. The zero-order valence-corrected chi connectivity index (χ0v) is 10.8. The Morgan fingerprint density at radius 2 is 1.89 bits per heavy atom. The molecule has 2 aromatic rings. The van der Waals surface area contributed by atoms with E-state index in [0.717, 1.165) is 13.1 Å². The lowest BCUT2D eigenvalue weighted by Crippen LogP contribution is -2.27. The number of benzene rings is 1. The Hall–Kier alpha value is -1.74. The monoisotopic (exact) mass is 256 g/mol. The molecule has 1 aliphatic heterocycles. The number of likely N-dealkylation sites (tertiary alicyclic amines) is 1. The highest BCUT2D eigenvalue weighted by molar-refractivity contribution is 5.18. The first-order valence-corrected chi connectivity index (χ1v) is 6.63. The van der Waals surface area contributed by atoms with Crippen LogP contribution in [0.2, 0.25) is 0 Å². The van der Waals surface area contributed by atoms with Crippen LogP contribution >= 0.6 is 0 Å². The number of pyridine rings is 1. The lowest BCUT2D eigenvalue weighted by molar-refractivity contribution is 0.159. The van der Waals surface area contributed by atoms with Crippen LogP contribution in [0.5, 0.6) is 0 Å². The molecule has 0 saturated carbocycles. The highest BCUT2D eigenvalue weighted by atomic mass is 19.1. The van der Waals surface area contributed by atoms with E-state index in [4.69, 9.17) is 0 Å². The fourth-order valence-corrected chi connectivity index (χ4v) is 2.66. The Morgan fingerprint density at radius 1 is 1.11 bits per heavy atom. The quantitative estimate of drug-likeness (QED) is 0.838.